The van der Waals surface area contributed by atoms with Crippen molar-refractivity contribution in [2.75, 3.05) is 5.75 Å². The summed E-state index contributed by atoms with van der Waals surface area (Å²) in [5, 5.41) is 10.7. The van der Waals surface area contributed by atoms with Crippen LogP contribution in [0.3, 0.4) is 0 Å². The molecule has 0 aromatic carbocycles. The van der Waals surface area contributed by atoms with E-state index in [4.69, 9.17) is 0 Å². The third-order valence-corrected chi connectivity index (χ3v) is 6.24. The summed E-state index contributed by atoms with van der Waals surface area (Å²) in [4.78, 5) is 22.0. The van der Waals surface area contributed by atoms with Crippen molar-refractivity contribution in [3.63, 3.8) is 0 Å². The van der Waals surface area contributed by atoms with Crippen LogP contribution < -0.4 is 0 Å². The normalized spacial score (nSPS) is 20.4. The number of aromatic hydroxyl groups is 1. The van der Waals surface area contributed by atoms with Gasteiger partial charge >= 0.3 is 0 Å². The third kappa shape index (κ3) is 2.72. The van der Waals surface area contributed by atoms with Gasteiger partial charge < -0.3 is 5.11 Å². The van der Waals surface area contributed by atoms with Gasteiger partial charge in [0.25, 0.3) is 0 Å². The van der Waals surface area contributed by atoms with E-state index in [0.717, 1.165) is 21.8 Å². The maximum Gasteiger partial charge on any atom is 0.198 e. The lowest BCUT2D eigenvalue weighted by Gasteiger charge is -2.15. The third-order valence-electron chi connectivity index (χ3n) is 4.11. The van der Waals surface area contributed by atoms with Gasteiger partial charge in [0.15, 0.2) is 10.2 Å². The van der Waals surface area contributed by atoms with Crippen molar-refractivity contribution in [1.29, 1.82) is 0 Å². The summed E-state index contributed by atoms with van der Waals surface area (Å²) >= 11 is 2.67. The molecule has 1 aliphatic heterocycles. The van der Waals surface area contributed by atoms with Crippen molar-refractivity contribution >= 4 is 28.2 Å². The van der Waals surface area contributed by atoms with Crippen LogP contribution in [0.25, 0.3) is 11.3 Å². The highest BCUT2D eigenvalue weighted by atomic mass is 32.2. The van der Waals surface area contributed by atoms with Gasteiger partial charge in [-0.05, 0) is 30.3 Å². The molecule has 3 aromatic heterocycles. The lowest BCUT2D eigenvalue weighted by Crippen LogP contribution is -2.12. The highest BCUT2D eigenvalue weighted by Crippen LogP contribution is 2.49. The standard InChI is InChI=1S/C18H14N2O2S2/c21-17-11(13-5-1-3-7-19-13)9-15(24-17)12-10-23-18(22)16(12)14-6-2-4-8-20-14/h1-9,12,16,21H,10H2/t12-,16+/m0/s1. The zero-order chi connectivity index (χ0) is 16.5. The van der Waals surface area contributed by atoms with E-state index in [1.54, 1.807) is 12.4 Å². The molecule has 4 heterocycles. The fourth-order valence-corrected chi connectivity index (χ4v) is 5.27. The second-order valence-corrected chi connectivity index (χ2v) is 7.64. The highest BCUT2D eigenvalue weighted by Gasteiger charge is 2.39. The summed E-state index contributed by atoms with van der Waals surface area (Å²) in [6.45, 7) is 0. The van der Waals surface area contributed by atoms with E-state index in [9.17, 15) is 9.90 Å². The number of pyridine rings is 2. The van der Waals surface area contributed by atoms with Gasteiger partial charge in [-0.25, -0.2) is 0 Å². The molecule has 1 saturated heterocycles. The van der Waals surface area contributed by atoms with E-state index in [0.29, 0.717) is 5.75 Å². The molecule has 4 nitrogen and oxygen atoms in total. The van der Waals surface area contributed by atoms with Crippen LogP contribution in [0.2, 0.25) is 0 Å². The molecule has 0 bridgehead atoms. The quantitative estimate of drug-likeness (QED) is 0.769. The van der Waals surface area contributed by atoms with Crippen molar-refractivity contribution < 1.29 is 9.90 Å². The minimum atomic E-state index is -0.258. The molecule has 0 spiro atoms. The minimum Gasteiger partial charge on any atom is -0.499 e. The smallest absolute Gasteiger partial charge is 0.198 e. The fourth-order valence-electron chi connectivity index (χ4n) is 2.94. The topological polar surface area (TPSA) is 63.1 Å². The van der Waals surface area contributed by atoms with Crippen LogP contribution in [0.4, 0.5) is 0 Å². The first-order chi connectivity index (χ1) is 11.7. The maximum atomic E-state index is 12.4. The van der Waals surface area contributed by atoms with Crippen LogP contribution in [0.1, 0.15) is 22.4 Å². The second kappa shape index (κ2) is 6.37. The van der Waals surface area contributed by atoms with E-state index in [1.165, 1.54) is 23.1 Å². The van der Waals surface area contributed by atoms with Crippen molar-refractivity contribution in [1.82, 2.24) is 9.97 Å². The molecule has 120 valence electrons. The van der Waals surface area contributed by atoms with Crippen LogP contribution in [0, 0.1) is 0 Å². The predicted octanol–water partition coefficient (Wildman–Crippen LogP) is 4.05. The van der Waals surface area contributed by atoms with Crippen molar-refractivity contribution in [2.24, 2.45) is 0 Å². The van der Waals surface area contributed by atoms with E-state index in [-0.39, 0.29) is 22.0 Å². The fraction of sp³-hybridized carbons (Fsp3) is 0.167. The Hall–Kier alpha value is -2.18. The Bertz CT molecular complexity index is 865. The van der Waals surface area contributed by atoms with Crippen molar-refractivity contribution in [2.45, 2.75) is 11.8 Å². The second-order valence-electron chi connectivity index (χ2n) is 5.55. The van der Waals surface area contributed by atoms with Gasteiger partial charge in [0.1, 0.15) is 0 Å². The van der Waals surface area contributed by atoms with Crippen LogP contribution in [0.15, 0.2) is 54.9 Å². The maximum absolute atomic E-state index is 12.4. The summed E-state index contributed by atoms with van der Waals surface area (Å²) < 4.78 is 0. The summed E-state index contributed by atoms with van der Waals surface area (Å²) in [6, 6.07) is 13.2. The number of thiophene rings is 1. The number of carbonyl (C=O) groups excluding carboxylic acids is 1. The molecule has 0 amide bonds. The molecule has 4 rings (SSSR count). The Balaban J connectivity index is 1.72. The number of aromatic nitrogens is 2. The summed E-state index contributed by atoms with van der Waals surface area (Å²) in [7, 11) is 0. The molecule has 1 aliphatic rings. The zero-order valence-corrected chi connectivity index (χ0v) is 14.3. The molecule has 2 atom stereocenters. The Labute approximate surface area is 147 Å². The molecular weight excluding hydrogens is 340 g/mol. The molecule has 1 fully saturated rings. The zero-order valence-electron chi connectivity index (χ0n) is 12.6. The van der Waals surface area contributed by atoms with Crippen LogP contribution in [0.5, 0.6) is 5.06 Å². The first kappa shape index (κ1) is 15.4. The van der Waals surface area contributed by atoms with Gasteiger partial charge in [-0.15, -0.1) is 11.3 Å². The predicted molar refractivity (Wildman–Crippen MR) is 96.4 cm³/mol. The average molecular weight is 354 g/mol. The van der Waals surface area contributed by atoms with Crippen molar-refractivity contribution in [3.05, 3.63) is 65.4 Å². The summed E-state index contributed by atoms with van der Waals surface area (Å²) in [5.41, 5.74) is 2.26. The van der Waals surface area contributed by atoms with Crippen LogP contribution in [-0.4, -0.2) is 25.9 Å². The van der Waals surface area contributed by atoms with Gasteiger partial charge in [-0.1, -0.05) is 23.9 Å². The van der Waals surface area contributed by atoms with E-state index >= 15 is 0 Å². The molecule has 1 N–H and O–H groups in total. The lowest BCUT2D eigenvalue weighted by atomic mass is 9.90. The largest absolute Gasteiger partial charge is 0.499 e. The summed E-state index contributed by atoms with van der Waals surface area (Å²) in [5.74, 6) is 0.485. The average Bonchev–Trinajstić information content (AvgIpc) is 3.19. The number of nitrogens with zero attached hydrogens (tertiary/aromatic N) is 2. The Morgan fingerprint density at radius 1 is 1.08 bits per heavy atom. The number of rotatable bonds is 3. The van der Waals surface area contributed by atoms with E-state index in [1.807, 2.05) is 42.5 Å². The molecule has 0 saturated carbocycles. The first-order valence-electron chi connectivity index (χ1n) is 7.55. The Morgan fingerprint density at radius 2 is 1.88 bits per heavy atom. The van der Waals surface area contributed by atoms with Gasteiger partial charge in [0, 0.05) is 28.9 Å². The molecule has 3 aromatic rings. The van der Waals surface area contributed by atoms with Crippen LogP contribution in [-0.2, 0) is 4.79 Å². The first-order valence-corrected chi connectivity index (χ1v) is 9.36. The van der Waals surface area contributed by atoms with Gasteiger partial charge in [-0.3, -0.25) is 14.8 Å². The molecule has 6 heteroatoms. The number of carbonyl (C=O) groups is 1. The molecule has 0 aliphatic carbocycles. The summed E-state index contributed by atoms with van der Waals surface area (Å²) in [6.07, 6.45) is 3.42. The SMILES string of the molecule is O=C1SC[C@@H](c2cc(-c3ccccn3)c(O)s2)[C@@H]1c1ccccn1. The lowest BCUT2D eigenvalue weighted by molar-refractivity contribution is -0.112. The molecular formula is C18H14N2O2S2. The molecule has 0 radical (unpaired) electrons. The number of thioether (sulfide) groups is 1. The van der Waals surface area contributed by atoms with Gasteiger partial charge in [-0.2, -0.15) is 0 Å². The van der Waals surface area contributed by atoms with E-state index < -0.39 is 0 Å². The Morgan fingerprint density at radius 3 is 2.58 bits per heavy atom. The van der Waals surface area contributed by atoms with E-state index in [2.05, 4.69) is 9.97 Å². The van der Waals surface area contributed by atoms with Gasteiger partial charge in [0.05, 0.1) is 22.9 Å². The van der Waals surface area contributed by atoms with Crippen LogP contribution >= 0.6 is 23.1 Å². The minimum absolute atomic E-state index is 0.0331. The highest BCUT2D eigenvalue weighted by molar-refractivity contribution is 8.14. The van der Waals surface area contributed by atoms with Gasteiger partial charge in [0.2, 0.25) is 0 Å². The Kier molecular flexibility index (Phi) is 4.08. The van der Waals surface area contributed by atoms with Crippen molar-refractivity contribution in [3.8, 4) is 16.3 Å². The monoisotopic (exact) mass is 354 g/mol. The molecule has 24 heavy (non-hydrogen) atoms. The molecule has 0 unspecified atom stereocenters. The number of hydrogen-bond acceptors (Lipinski definition) is 6. The number of hydrogen-bond donors (Lipinski definition) is 1.